The number of nitrogens with zero attached hydrogens (tertiary/aromatic N) is 4. The van der Waals surface area contributed by atoms with E-state index in [0.29, 0.717) is 25.9 Å². The van der Waals surface area contributed by atoms with Crippen LogP contribution in [0, 0.1) is 0 Å². The minimum Gasteiger partial charge on any atom is -0.481 e. The van der Waals surface area contributed by atoms with Crippen LogP contribution in [0.15, 0.2) is 60.7 Å². The molecule has 1 aliphatic heterocycles. The minimum absolute atomic E-state index is 0.0358. The molecule has 5 rings (SSSR count). The molecule has 2 aromatic carbocycles. The lowest BCUT2D eigenvalue weighted by Crippen LogP contribution is -2.48. The molecule has 2 aliphatic rings. The summed E-state index contributed by atoms with van der Waals surface area (Å²) in [7, 11) is 2.03. The zero-order valence-corrected chi connectivity index (χ0v) is 17.2. The van der Waals surface area contributed by atoms with E-state index in [1.807, 2.05) is 43.4 Å². The molecule has 0 spiro atoms. The zero-order chi connectivity index (χ0) is 20.8. The highest BCUT2D eigenvalue weighted by Crippen LogP contribution is 2.53. The Labute approximate surface area is 176 Å². The van der Waals surface area contributed by atoms with Gasteiger partial charge in [-0.15, -0.1) is 10.2 Å². The lowest BCUT2D eigenvalue weighted by atomic mass is 9.73. The van der Waals surface area contributed by atoms with E-state index in [-0.39, 0.29) is 5.41 Å². The molecule has 30 heavy (non-hydrogen) atoms. The molecular formula is C24H26N4O2. The summed E-state index contributed by atoms with van der Waals surface area (Å²) in [5.74, 6) is 1.09. The van der Waals surface area contributed by atoms with Gasteiger partial charge < -0.3 is 10.0 Å². The number of benzene rings is 2. The number of carbonyl (C=O) groups is 1. The second-order valence-corrected chi connectivity index (χ2v) is 8.57. The van der Waals surface area contributed by atoms with Crippen LogP contribution >= 0.6 is 0 Å². The molecule has 1 aromatic heterocycles. The Morgan fingerprint density at radius 2 is 1.43 bits per heavy atom. The van der Waals surface area contributed by atoms with Crippen molar-refractivity contribution >= 4 is 11.9 Å². The second-order valence-electron chi connectivity index (χ2n) is 8.57. The van der Waals surface area contributed by atoms with Gasteiger partial charge in [0.25, 0.3) is 0 Å². The van der Waals surface area contributed by atoms with Gasteiger partial charge in [0.2, 0.25) is 5.95 Å². The lowest BCUT2D eigenvalue weighted by Gasteiger charge is -2.39. The number of aromatic nitrogens is 3. The van der Waals surface area contributed by atoms with Crippen molar-refractivity contribution in [1.29, 1.82) is 0 Å². The largest absolute Gasteiger partial charge is 0.481 e. The van der Waals surface area contributed by atoms with Crippen LogP contribution in [0.25, 0.3) is 0 Å². The van der Waals surface area contributed by atoms with Crippen LogP contribution in [-0.2, 0) is 22.7 Å². The van der Waals surface area contributed by atoms with Crippen LogP contribution in [0.2, 0.25) is 0 Å². The van der Waals surface area contributed by atoms with Gasteiger partial charge in [-0.2, -0.15) is 0 Å². The summed E-state index contributed by atoms with van der Waals surface area (Å²) >= 11 is 0. The van der Waals surface area contributed by atoms with E-state index in [1.54, 1.807) is 0 Å². The minimum atomic E-state index is -0.832. The number of anilines is 1. The molecular weight excluding hydrogens is 376 g/mol. The molecule has 0 amide bonds. The first kappa shape index (κ1) is 18.9. The van der Waals surface area contributed by atoms with Crippen molar-refractivity contribution in [1.82, 2.24) is 14.8 Å². The van der Waals surface area contributed by atoms with E-state index in [4.69, 9.17) is 0 Å². The molecule has 1 saturated heterocycles. The first-order chi connectivity index (χ1) is 14.6. The van der Waals surface area contributed by atoms with Gasteiger partial charge in [-0.3, -0.25) is 9.36 Å². The summed E-state index contributed by atoms with van der Waals surface area (Å²) < 4.78 is 2.11. The summed E-state index contributed by atoms with van der Waals surface area (Å²) in [5, 5.41) is 19.2. The number of aliphatic carboxylic acids is 1. The summed E-state index contributed by atoms with van der Waals surface area (Å²) in [6.45, 7) is 1.29. The second kappa shape index (κ2) is 6.97. The monoisotopic (exact) mass is 402 g/mol. The summed E-state index contributed by atoms with van der Waals surface area (Å²) in [5.41, 5.74) is 1.31. The van der Waals surface area contributed by atoms with Crippen LogP contribution < -0.4 is 4.90 Å². The van der Waals surface area contributed by atoms with Gasteiger partial charge in [0.1, 0.15) is 5.82 Å². The lowest BCUT2D eigenvalue weighted by molar-refractivity contribution is -0.144. The van der Waals surface area contributed by atoms with Crippen LogP contribution in [0.4, 0.5) is 5.95 Å². The maximum absolute atomic E-state index is 12.2. The Morgan fingerprint density at radius 1 is 0.867 bits per heavy atom. The van der Waals surface area contributed by atoms with Crippen molar-refractivity contribution in [3.63, 3.8) is 0 Å². The highest BCUT2D eigenvalue weighted by molar-refractivity contribution is 5.82. The van der Waals surface area contributed by atoms with E-state index in [1.165, 1.54) is 5.56 Å². The molecule has 6 heteroatoms. The third-order valence-electron chi connectivity index (χ3n) is 6.99. The van der Waals surface area contributed by atoms with Crippen LogP contribution in [0.5, 0.6) is 0 Å². The quantitative estimate of drug-likeness (QED) is 0.707. The molecule has 2 fully saturated rings. The Bertz CT molecular complexity index is 1050. The first-order valence-corrected chi connectivity index (χ1v) is 10.6. The van der Waals surface area contributed by atoms with Crippen molar-refractivity contribution in [2.45, 2.75) is 36.5 Å². The molecule has 1 saturated carbocycles. The van der Waals surface area contributed by atoms with Gasteiger partial charge in [-0.05, 0) is 36.8 Å². The predicted molar refractivity (Wildman–Crippen MR) is 115 cm³/mol. The molecule has 2 heterocycles. The van der Waals surface area contributed by atoms with Crippen LogP contribution in [0.1, 0.15) is 42.6 Å². The Morgan fingerprint density at radius 3 is 1.97 bits per heavy atom. The smallest absolute Gasteiger partial charge is 0.314 e. The maximum atomic E-state index is 12.2. The van der Waals surface area contributed by atoms with Gasteiger partial charge in [0.05, 0.1) is 10.8 Å². The number of piperidine rings is 1. The van der Waals surface area contributed by atoms with Crippen molar-refractivity contribution < 1.29 is 9.90 Å². The van der Waals surface area contributed by atoms with Crippen molar-refractivity contribution in [2.75, 3.05) is 18.0 Å². The van der Waals surface area contributed by atoms with Gasteiger partial charge in [0, 0.05) is 20.1 Å². The molecule has 0 unspecified atom stereocenters. The highest BCUT2D eigenvalue weighted by Gasteiger charge is 2.50. The molecule has 1 aliphatic carbocycles. The predicted octanol–water partition coefficient (Wildman–Crippen LogP) is 3.52. The van der Waals surface area contributed by atoms with E-state index in [2.05, 4.69) is 43.9 Å². The number of rotatable bonds is 5. The van der Waals surface area contributed by atoms with Crippen molar-refractivity contribution in [3.05, 3.63) is 77.6 Å². The van der Waals surface area contributed by atoms with Gasteiger partial charge in [0.15, 0.2) is 0 Å². The molecule has 0 atom stereocenters. The van der Waals surface area contributed by atoms with Gasteiger partial charge in [-0.1, -0.05) is 60.7 Å². The van der Waals surface area contributed by atoms with E-state index >= 15 is 0 Å². The Hall–Kier alpha value is -3.15. The average Bonchev–Trinajstić information content (AvgIpc) is 3.51. The number of carboxylic acids is 1. The fraction of sp³-hybridized carbons (Fsp3) is 0.375. The fourth-order valence-corrected chi connectivity index (χ4v) is 5.01. The van der Waals surface area contributed by atoms with E-state index in [0.717, 1.165) is 30.2 Å². The normalized spacial score (nSPS) is 19.4. The molecule has 6 nitrogen and oxygen atoms in total. The molecule has 3 aromatic rings. The molecule has 154 valence electrons. The summed E-state index contributed by atoms with van der Waals surface area (Å²) in [6, 6.07) is 20.2. The van der Waals surface area contributed by atoms with Crippen molar-refractivity contribution in [2.24, 2.45) is 7.05 Å². The fourth-order valence-electron chi connectivity index (χ4n) is 5.01. The van der Waals surface area contributed by atoms with Crippen LogP contribution in [-0.4, -0.2) is 38.9 Å². The van der Waals surface area contributed by atoms with E-state index < -0.39 is 11.4 Å². The standard InChI is InChI=1S/C24H26N4O2/c1-27-20(23(12-13-23)18-8-4-2-5-9-18)25-26-22(27)28-16-14-24(15-17-28,21(29)30)19-10-6-3-7-11-19/h2-11H,12-17H2,1H3,(H,29,30). The SMILES string of the molecule is Cn1c(N2CCC(C(=O)O)(c3ccccc3)CC2)nnc1C1(c2ccccc2)CC1. The molecule has 0 bridgehead atoms. The molecule has 0 radical (unpaired) electrons. The number of hydrogen-bond donors (Lipinski definition) is 1. The third-order valence-corrected chi connectivity index (χ3v) is 6.99. The van der Waals surface area contributed by atoms with Crippen molar-refractivity contribution in [3.8, 4) is 0 Å². The topological polar surface area (TPSA) is 71.2 Å². The Balaban J connectivity index is 1.40. The Kier molecular flexibility index (Phi) is 4.38. The van der Waals surface area contributed by atoms with Gasteiger partial charge >= 0.3 is 5.97 Å². The number of carboxylic acid groups (broad SMARTS) is 1. The zero-order valence-electron chi connectivity index (χ0n) is 17.2. The van der Waals surface area contributed by atoms with Crippen LogP contribution in [0.3, 0.4) is 0 Å². The van der Waals surface area contributed by atoms with Gasteiger partial charge in [-0.25, -0.2) is 0 Å². The number of hydrogen-bond acceptors (Lipinski definition) is 4. The van der Waals surface area contributed by atoms with E-state index in [9.17, 15) is 9.90 Å². The molecule has 1 N–H and O–H groups in total. The average molecular weight is 402 g/mol. The first-order valence-electron chi connectivity index (χ1n) is 10.6. The summed E-state index contributed by atoms with van der Waals surface area (Å²) in [6.07, 6.45) is 3.27. The maximum Gasteiger partial charge on any atom is 0.314 e. The third kappa shape index (κ3) is 2.82. The highest BCUT2D eigenvalue weighted by atomic mass is 16.4. The summed E-state index contributed by atoms with van der Waals surface area (Å²) in [4.78, 5) is 14.4.